The fourth-order valence-electron chi connectivity index (χ4n) is 2.46. The summed E-state index contributed by atoms with van der Waals surface area (Å²) in [6.07, 6.45) is 5.81. The number of nitrogens with one attached hydrogen (secondary N) is 1. The summed E-state index contributed by atoms with van der Waals surface area (Å²) < 4.78 is 1.81. The van der Waals surface area contributed by atoms with Crippen LogP contribution in [0.1, 0.15) is 17.7 Å². The lowest BCUT2D eigenvalue weighted by atomic mass is 10.1. The van der Waals surface area contributed by atoms with Crippen molar-refractivity contribution < 1.29 is 0 Å². The van der Waals surface area contributed by atoms with Gasteiger partial charge in [-0.3, -0.25) is 0 Å². The molecule has 2 aromatic rings. The van der Waals surface area contributed by atoms with Crippen molar-refractivity contribution in [1.29, 1.82) is 0 Å². The van der Waals surface area contributed by atoms with Crippen LogP contribution in [0.25, 0.3) is 0 Å². The second-order valence-electron chi connectivity index (χ2n) is 5.03. The highest BCUT2D eigenvalue weighted by Gasteiger charge is 2.20. The van der Waals surface area contributed by atoms with E-state index in [1.54, 1.807) is 23.7 Å². The summed E-state index contributed by atoms with van der Waals surface area (Å²) in [6, 6.07) is 4.49. The van der Waals surface area contributed by atoms with Crippen LogP contribution in [0.4, 0.5) is 5.95 Å². The highest BCUT2D eigenvalue weighted by molar-refractivity contribution is 9.10. The third-order valence-corrected chi connectivity index (χ3v) is 6.07. The molecule has 1 saturated heterocycles. The summed E-state index contributed by atoms with van der Waals surface area (Å²) in [5.41, 5.74) is 0. The minimum Gasteiger partial charge on any atom is -0.341 e. The minimum atomic E-state index is 0.546. The Bertz CT molecular complexity index is 564. The third-order valence-electron chi connectivity index (χ3n) is 3.59. The van der Waals surface area contributed by atoms with E-state index in [0.29, 0.717) is 6.04 Å². The maximum absolute atomic E-state index is 6.06. The predicted molar refractivity (Wildman–Crippen MR) is 91.1 cm³/mol. The summed E-state index contributed by atoms with van der Waals surface area (Å²) >= 11 is 11.1. The molecule has 1 aliphatic rings. The molecular formula is C14H16BrClN4S. The fraction of sp³-hybridized carbons (Fsp3) is 0.429. The zero-order valence-electron chi connectivity index (χ0n) is 11.4. The van der Waals surface area contributed by atoms with Crippen molar-refractivity contribution in [2.45, 2.75) is 25.4 Å². The Morgan fingerprint density at radius 3 is 2.67 bits per heavy atom. The summed E-state index contributed by atoms with van der Waals surface area (Å²) in [4.78, 5) is 12.1. The van der Waals surface area contributed by atoms with Crippen LogP contribution >= 0.6 is 38.9 Å². The van der Waals surface area contributed by atoms with Crippen molar-refractivity contribution in [3.63, 3.8) is 0 Å². The molecule has 21 heavy (non-hydrogen) atoms. The van der Waals surface area contributed by atoms with Crippen molar-refractivity contribution in [2.24, 2.45) is 0 Å². The molecule has 112 valence electrons. The van der Waals surface area contributed by atoms with Gasteiger partial charge < -0.3 is 10.2 Å². The van der Waals surface area contributed by atoms with E-state index in [2.05, 4.69) is 42.2 Å². The number of hydrogen-bond donors (Lipinski definition) is 1. The standard InChI is InChI=1S/C14H16BrClN4S/c15-12-8-11(21-13(12)16)9-19-10-2-6-20(7-3-10)14-17-4-1-5-18-14/h1,4-5,8,10,19H,2-3,6-7,9H2. The smallest absolute Gasteiger partial charge is 0.225 e. The van der Waals surface area contributed by atoms with Crippen LogP contribution in [0.15, 0.2) is 29.0 Å². The molecule has 0 radical (unpaired) electrons. The van der Waals surface area contributed by atoms with Crippen LogP contribution in [0.2, 0.25) is 4.34 Å². The van der Waals surface area contributed by atoms with E-state index in [-0.39, 0.29) is 0 Å². The van der Waals surface area contributed by atoms with Gasteiger partial charge in [0.15, 0.2) is 0 Å². The Labute approximate surface area is 141 Å². The van der Waals surface area contributed by atoms with Crippen molar-refractivity contribution >= 4 is 44.8 Å². The Morgan fingerprint density at radius 1 is 1.33 bits per heavy atom. The van der Waals surface area contributed by atoms with Gasteiger partial charge in [0.1, 0.15) is 4.34 Å². The normalized spacial score (nSPS) is 16.4. The number of thiophene rings is 1. The number of aromatic nitrogens is 2. The molecule has 0 bridgehead atoms. The van der Waals surface area contributed by atoms with Gasteiger partial charge in [-0.2, -0.15) is 0 Å². The number of anilines is 1. The second kappa shape index (κ2) is 7.05. The van der Waals surface area contributed by atoms with Gasteiger partial charge in [0.25, 0.3) is 0 Å². The number of halogens is 2. The monoisotopic (exact) mass is 386 g/mol. The lowest BCUT2D eigenvalue weighted by Gasteiger charge is -2.32. The van der Waals surface area contributed by atoms with Crippen molar-refractivity contribution in [2.75, 3.05) is 18.0 Å². The van der Waals surface area contributed by atoms with Crippen LogP contribution < -0.4 is 10.2 Å². The number of piperidine rings is 1. The van der Waals surface area contributed by atoms with Gasteiger partial charge in [0.05, 0.1) is 0 Å². The summed E-state index contributed by atoms with van der Waals surface area (Å²) in [5.74, 6) is 0.838. The first-order valence-electron chi connectivity index (χ1n) is 6.91. The Kier molecular flexibility index (Phi) is 5.11. The first kappa shape index (κ1) is 15.2. The van der Waals surface area contributed by atoms with E-state index in [4.69, 9.17) is 11.6 Å². The number of hydrogen-bond acceptors (Lipinski definition) is 5. The quantitative estimate of drug-likeness (QED) is 0.868. The van der Waals surface area contributed by atoms with E-state index in [0.717, 1.165) is 47.2 Å². The SMILES string of the molecule is Clc1sc(CNC2CCN(c3ncccn3)CC2)cc1Br. The Balaban J connectivity index is 1.48. The summed E-state index contributed by atoms with van der Waals surface area (Å²) in [5, 5.41) is 3.61. The average Bonchev–Trinajstić information content (AvgIpc) is 2.85. The summed E-state index contributed by atoms with van der Waals surface area (Å²) in [6.45, 7) is 2.87. The minimum absolute atomic E-state index is 0.546. The molecule has 0 unspecified atom stereocenters. The second-order valence-corrected chi connectivity index (χ2v) is 7.62. The van der Waals surface area contributed by atoms with E-state index in [1.165, 1.54) is 4.88 Å². The van der Waals surface area contributed by atoms with Crippen molar-refractivity contribution in [1.82, 2.24) is 15.3 Å². The van der Waals surface area contributed by atoms with Crippen LogP contribution in [-0.4, -0.2) is 29.1 Å². The van der Waals surface area contributed by atoms with Crippen molar-refractivity contribution in [3.8, 4) is 0 Å². The largest absolute Gasteiger partial charge is 0.341 e. The molecule has 4 nitrogen and oxygen atoms in total. The van der Waals surface area contributed by atoms with Crippen molar-refractivity contribution in [3.05, 3.63) is 38.2 Å². The van der Waals surface area contributed by atoms with E-state index in [1.807, 2.05) is 6.07 Å². The maximum Gasteiger partial charge on any atom is 0.225 e. The van der Waals surface area contributed by atoms with Gasteiger partial charge in [-0.05, 0) is 40.9 Å². The van der Waals surface area contributed by atoms with Crippen LogP contribution in [0.3, 0.4) is 0 Å². The van der Waals surface area contributed by atoms with Gasteiger partial charge in [0, 0.05) is 47.4 Å². The van der Waals surface area contributed by atoms with Crippen LogP contribution in [0.5, 0.6) is 0 Å². The molecular weight excluding hydrogens is 372 g/mol. The van der Waals surface area contributed by atoms with E-state index < -0.39 is 0 Å². The molecule has 1 N–H and O–H groups in total. The van der Waals surface area contributed by atoms with E-state index in [9.17, 15) is 0 Å². The van der Waals surface area contributed by atoms with Gasteiger partial charge in [0.2, 0.25) is 5.95 Å². The van der Waals surface area contributed by atoms with Gasteiger partial charge in [-0.1, -0.05) is 11.6 Å². The molecule has 3 heterocycles. The average molecular weight is 388 g/mol. The van der Waals surface area contributed by atoms with Crippen LogP contribution in [0, 0.1) is 0 Å². The number of nitrogens with zero attached hydrogens (tertiary/aromatic N) is 3. The molecule has 0 aliphatic carbocycles. The van der Waals surface area contributed by atoms with E-state index >= 15 is 0 Å². The van der Waals surface area contributed by atoms with Gasteiger partial charge in [-0.15, -0.1) is 11.3 Å². The molecule has 0 saturated carbocycles. The number of rotatable bonds is 4. The fourth-order valence-corrected chi connectivity index (χ4v) is 4.20. The highest BCUT2D eigenvalue weighted by Crippen LogP contribution is 2.32. The molecule has 0 atom stereocenters. The lowest BCUT2D eigenvalue weighted by molar-refractivity contribution is 0.412. The zero-order chi connectivity index (χ0) is 14.7. The zero-order valence-corrected chi connectivity index (χ0v) is 14.6. The molecule has 0 amide bonds. The third kappa shape index (κ3) is 3.94. The first-order valence-corrected chi connectivity index (χ1v) is 8.90. The molecule has 1 aliphatic heterocycles. The molecule has 3 rings (SSSR count). The molecule has 0 spiro atoms. The predicted octanol–water partition coefficient (Wildman–Crippen LogP) is 3.71. The van der Waals surface area contributed by atoms with Gasteiger partial charge in [-0.25, -0.2) is 9.97 Å². The first-order chi connectivity index (χ1) is 10.2. The summed E-state index contributed by atoms with van der Waals surface area (Å²) in [7, 11) is 0. The Hall–Kier alpha value is -0.690. The molecule has 7 heteroatoms. The Morgan fingerprint density at radius 2 is 2.05 bits per heavy atom. The topological polar surface area (TPSA) is 41.0 Å². The molecule has 2 aromatic heterocycles. The highest BCUT2D eigenvalue weighted by atomic mass is 79.9. The van der Waals surface area contributed by atoms with Crippen LogP contribution in [-0.2, 0) is 6.54 Å². The van der Waals surface area contributed by atoms with Gasteiger partial charge >= 0.3 is 0 Å². The molecule has 1 fully saturated rings. The molecule has 0 aromatic carbocycles. The lowest BCUT2D eigenvalue weighted by Crippen LogP contribution is -2.42. The maximum atomic E-state index is 6.06.